The maximum atomic E-state index is 12.4. The molecule has 0 radical (unpaired) electrons. The van der Waals surface area contributed by atoms with Gasteiger partial charge in [0, 0.05) is 5.02 Å². The van der Waals surface area contributed by atoms with Crippen LogP contribution in [0.15, 0.2) is 24.3 Å². The van der Waals surface area contributed by atoms with Crippen molar-refractivity contribution in [3.05, 3.63) is 34.9 Å². The highest BCUT2D eigenvalue weighted by atomic mass is 35.5. The molecule has 0 aromatic heterocycles. The molecule has 0 fully saturated rings. The molecule has 66 valence electrons. The number of benzene rings is 1. The van der Waals surface area contributed by atoms with Crippen molar-refractivity contribution in [1.82, 2.24) is 0 Å². The second-order valence-electron chi connectivity index (χ2n) is 3.06. The van der Waals surface area contributed by atoms with Gasteiger partial charge in [0.15, 0.2) is 0 Å². The minimum Gasteiger partial charge on any atom is -0.319 e. The molecule has 2 N–H and O–H groups in total. The first kappa shape index (κ1) is 9.49. The van der Waals surface area contributed by atoms with E-state index < -0.39 is 12.2 Å². The summed E-state index contributed by atoms with van der Waals surface area (Å²) in [7, 11) is 0. The molecule has 1 unspecified atom stereocenters. The summed E-state index contributed by atoms with van der Waals surface area (Å²) in [6.45, 7) is 1.07. The minimum absolute atomic E-state index is 0.575. The summed E-state index contributed by atoms with van der Waals surface area (Å²) < 4.78 is 12.4. The van der Waals surface area contributed by atoms with Gasteiger partial charge in [0.1, 0.15) is 6.67 Å². The Morgan fingerprint density at radius 3 is 2.33 bits per heavy atom. The van der Waals surface area contributed by atoms with Gasteiger partial charge in [-0.2, -0.15) is 0 Å². The molecule has 0 aliphatic rings. The first-order valence-electron chi connectivity index (χ1n) is 3.67. The van der Waals surface area contributed by atoms with Crippen molar-refractivity contribution in [3.63, 3.8) is 0 Å². The van der Waals surface area contributed by atoms with Crippen molar-refractivity contribution < 1.29 is 4.39 Å². The van der Waals surface area contributed by atoms with Crippen LogP contribution in [0.25, 0.3) is 0 Å². The second-order valence-corrected chi connectivity index (χ2v) is 3.49. The van der Waals surface area contributed by atoms with E-state index in [-0.39, 0.29) is 0 Å². The molecule has 1 aromatic carbocycles. The summed E-state index contributed by atoms with van der Waals surface area (Å²) in [4.78, 5) is 0. The number of halogens is 2. The lowest BCUT2D eigenvalue weighted by Gasteiger charge is -2.20. The molecule has 1 nitrogen and oxygen atoms in total. The predicted molar refractivity (Wildman–Crippen MR) is 49.0 cm³/mol. The quantitative estimate of drug-likeness (QED) is 0.757. The number of hydrogen-bond acceptors (Lipinski definition) is 1. The van der Waals surface area contributed by atoms with Gasteiger partial charge in [0.05, 0.1) is 5.54 Å². The van der Waals surface area contributed by atoms with Crippen LogP contribution < -0.4 is 5.73 Å². The Balaban J connectivity index is 2.96. The summed E-state index contributed by atoms with van der Waals surface area (Å²) in [6, 6.07) is 6.89. The molecule has 1 aromatic rings. The van der Waals surface area contributed by atoms with E-state index in [0.29, 0.717) is 5.02 Å². The van der Waals surface area contributed by atoms with Gasteiger partial charge < -0.3 is 5.73 Å². The van der Waals surface area contributed by atoms with E-state index in [2.05, 4.69) is 0 Å². The van der Waals surface area contributed by atoms with Crippen molar-refractivity contribution in [1.29, 1.82) is 0 Å². The third kappa shape index (κ3) is 1.96. The largest absolute Gasteiger partial charge is 0.319 e. The van der Waals surface area contributed by atoms with Gasteiger partial charge in [0.25, 0.3) is 0 Å². The fourth-order valence-electron chi connectivity index (χ4n) is 0.908. The fourth-order valence-corrected chi connectivity index (χ4v) is 1.03. The van der Waals surface area contributed by atoms with Crippen molar-refractivity contribution in [2.75, 3.05) is 6.67 Å². The highest BCUT2D eigenvalue weighted by Crippen LogP contribution is 2.20. The van der Waals surface area contributed by atoms with Gasteiger partial charge in [-0.15, -0.1) is 0 Å². The predicted octanol–water partition coefficient (Wildman–Crippen LogP) is 2.48. The Bertz CT molecular complexity index is 256. The SMILES string of the molecule is CC(N)(CF)c1ccc(Cl)cc1. The molecule has 0 aliphatic heterocycles. The van der Waals surface area contributed by atoms with Crippen molar-refractivity contribution in [3.8, 4) is 0 Å². The summed E-state index contributed by atoms with van der Waals surface area (Å²) in [5.74, 6) is 0. The highest BCUT2D eigenvalue weighted by molar-refractivity contribution is 6.30. The van der Waals surface area contributed by atoms with Gasteiger partial charge in [-0.3, -0.25) is 0 Å². The fraction of sp³-hybridized carbons (Fsp3) is 0.333. The monoisotopic (exact) mass is 187 g/mol. The van der Waals surface area contributed by atoms with Crippen LogP contribution in [0, 0.1) is 0 Å². The molecular weight excluding hydrogens is 177 g/mol. The molecule has 0 bridgehead atoms. The Labute approximate surface area is 76.3 Å². The van der Waals surface area contributed by atoms with E-state index in [0.717, 1.165) is 5.56 Å². The highest BCUT2D eigenvalue weighted by Gasteiger charge is 2.20. The van der Waals surface area contributed by atoms with Gasteiger partial charge in [0.2, 0.25) is 0 Å². The summed E-state index contributed by atoms with van der Waals surface area (Å²) in [6.07, 6.45) is 0. The average molecular weight is 188 g/mol. The van der Waals surface area contributed by atoms with Crippen LogP contribution in [0.5, 0.6) is 0 Å². The minimum atomic E-state index is -0.898. The molecule has 1 atom stereocenters. The van der Waals surface area contributed by atoms with Crippen molar-refractivity contribution >= 4 is 11.6 Å². The van der Waals surface area contributed by atoms with Gasteiger partial charge in [-0.25, -0.2) is 4.39 Å². The van der Waals surface area contributed by atoms with Crippen LogP contribution >= 0.6 is 11.6 Å². The first-order valence-corrected chi connectivity index (χ1v) is 4.05. The molecule has 0 saturated carbocycles. The molecule has 0 spiro atoms. The number of alkyl halides is 1. The maximum Gasteiger partial charge on any atom is 0.111 e. The third-order valence-electron chi connectivity index (χ3n) is 1.78. The summed E-state index contributed by atoms with van der Waals surface area (Å²) in [5.41, 5.74) is 5.53. The maximum absolute atomic E-state index is 12.4. The van der Waals surface area contributed by atoms with E-state index in [9.17, 15) is 4.39 Å². The van der Waals surface area contributed by atoms with Crippen LogP contribution in [0.4, 0.5) is 4.39 Å². The standard InChI is InChI=1S/C9H11ClFN/c1-9(12,6-11)7-2-4-8(10)5-3-7/h2-5H,6,12H2,1H3. The Hall–Kier alpha value is -0.600. The lowest BCUT2D eigenvalue weighted by molar-refractivity contribution is 0.336. The molecule has 1 rings (SSSR count). The van der Waals surface area contributed by atoms with E-state index in [1.54, 1.807) is 31.2 Å². The zero-order valence-electron chi connectivity index (χ0n) is 6.85. The third-order valence-corrected chi connectivity index (χ3v) is 2.03. The number of hydrogen-bond donors (Lipinski definition) is 1. The zero-order valence-corrected chi connectivity index (χ0v) is 7.61. The topological polar surface area (TPSA) is 26.0 Å². The van der Waals surface area contributed by atoms with Gasteiger partial charge in [-0.1, -0.05) is 23.7 Å². The average Bonchev–Trinajstić information content (AvgIpc) is 2.05. The molecule has 0 amide bonds. The smallest absolute Gasteiger partial charge is 0.111 e. The normalized spacial score (nSPS) is 15.7. The van der Waals surface area contributed by atoms with E-state index in [1.165, 1.54) is 0 Å². The summed E-state index contributed by atoms with van der Waals surface area (Å²) in [5, 5.41) is 0.633. The van der Waals surface area contributed by atoms with Crippen LogP contribution in [0.3, 0.4) is 0 Å². The Kier molecular flexibility index (Phi) is 2.70. The molecule has 12 heavy (non-hydrogen) atoms. The molecule has 0 saturated heterocycles. The van der Waals surface area contributed by atoms with E-state index >= 15 is 0 Å². The van der Waals surface area contributed by atoms with E-state index in [4.69, 9.17) is 17.3 Å². The van der Waals surface area contributed by atoms with Crippen LogP contribution in [-0.4, -0.2) is 6.67 Å². The molecule has 0 aliphatic carbocycles. The van der Waals surface area contributed by atoms with E-state index in [1.807, 2.05) is 0 Å². The molecule has 3 heteroatoms. The lowest BCUT2D eigenvalue weighted by Crippen LogP contribution is -2.35. The van der Waals surface area contributed by atoms with Crippen LogP contribution in [0.1, 0.15) is 12.5 Å². The Morgan fingerprint density at radius 2 is 1.92 bits per heavy atom. The zero-order chi connectivity index (χ0) is 9.19. The Morgan fingerprint density at radius 1 is 1.42 bits per heavy atom. The van der Waals surface area contributed by atoms with Gasteiger partial charge >= 0.3 is 0 Å². The lowest BCUT2D eigenvalue weighted by atomic mass is 9.95. The molecule has 0 heterocycles. The van der Waals surface area contributed by atoms with Crippen molar-refractivity contribution in [2.45, 2.75) is 12.5 Å². The summed E-state index contributed by atoms with van der Waals surface area (Å²) >= 11 is 5.67. The second kappa shape index (κ2) is 3.42. The van der Waals surface area contributed by atoms with Crippen LogP contribution in [0.2, 0.25) is 5.02 Å². The van der Waals surface area contributed by atoms with Crippen LogP contribution in [-0.2, 0) is 5.54 Å². The number of nitrogens with two attached hydrogens (primary N) is 1. The van der Waals surface area contributed by atoms with Gasteiger partial charge in [-0.05, 0) is 24.6 Å². The van der Waals surface area contributed by atoms with Crippen molar-refractivity contribution in [2.24, 2.45) is 5.73 Å². The molecular formula is C9H11ClFN. The number of rotatable bonds is 2. The first-order chi connectivity index (χ1) is 5.56.